The quantitative estimate of drug-likeness (QED) is 0.751. The van der Waals surface area contributed by atoms with Crippen molar-refractivity contribution in [2.45, 2.75) is 18.9 Å². The molecule has 1 saturated heterocycles. The van der Waals surface area contributed by atoms with Crippen LogP contribution in [0.3, 0.4) is 0 Å². The van der Waals surface area contributed by atoms with Crippen LogP contribution < -0.4 is 5.32 Å². The number of hydrogen-bond acceptors (Lipinski definition) is 6. The van der Waals surface area contributed by atoms with Crippen LogP contribution >= 0.6 is 0 Å². The third-order valence-corrected chi connectivity index (χ3v) is 4.29. The second-order valence-electron chi connectivity index (χ2n) is 5.87. The van der Waals surface area contributed by atoms with E-state index in [-0.39, 0.29) is 6.04 Å². The summed E-state index contributed by atoms with van der Waals surface area (Å²) in [7, 11) is 0. The molecule has 7 nitrogen and oxygen atoms in total. The van der Waals surface area contributed by atoms with Gasteiger partial charge < -0.3 is 9.73 Å². The summed E-state index contributed by atoms with van der Waals surface area (Å²) in [6.07, 6.45) is 11.2. The maximum absolute atomic E-state index is 5.65. The molecule has 7 heteroatoms. The van der Waals surface area contributed by atoms with Gasteiger partial charge in [-0.25, -0.2) is 9.67 Å². The molecule has 1 N–H and O–H groups in total. The van der Waals surface area contributed by atoms with Crippen LogP contribution in [0.15, 0.2) is 53.7 Å². The van der Waals surface area contributed by atoms with Crippen LogP contribution in [0.1, 0.15) is 24.6 Å². The first-order valence-corrected chi connectivity index (χ1v) is 8.23. The highest BCUT2D eigenvalue weighted by molar-refractivity contribution is 5.36. The van der Waals surface area contributed by atoms with Crippen molar-refractivity contribution in [1.82, 2.24) is 24.6 Å². The number of furan rings is 1. The van der Waals surface area contributed by atoms with Gasteiger partial charge >= 0.3 is 0 Å². The lowest BCUT2D eigenvalue weighted by Crippen LogP contribution is -2.31. The van der Waals surface area contributed by atoms with Crippen LogP contribution in [-0.2, 0) is 0 Å². The van der Waals surface area contributed by atoms with Crippen molar-refractivity contribution in [3.05, 3.63) is 55.0 Å². The average Bonchev–Trinajstić information content (AvgIpc) is 3.38. The van der Waals surface area contributed by atoms with Gasteiger partial charge in [0.05, 0.1) is 24.7 Å². The van der Waals surface area contributed by atoms with E-state index in [1.807, 2.05) is 24.4 Å². The third kappa shape index (κ3) is 3.16. The molecule has 0 amide bonds. The minimum atomic E-state index is 0.206. The molecule has 0 aromatic carbocycles. The van der Waals surface area contributed by atoms with E-state index in [2.05, 4.69) is 25.3 Å². The van der Waals surface area contributed by atoms with Gasteiger partial charge in [-0.2, -0.15) is 5.10 Å². The lowest BCUT2D eigenvalue weighted by atomic mass is 10.2. The largest absolute Gasteiger partial charge is 0.468 e. The SMILES string of the molecule is c1coc([C@H](CNc2cncc(-n3cccn3)n2)N2CCCC2)c1. The summed E-state index contributed by atoms with van der Waals surface area (Å²) in [5, 5.41) is 7.59. The van der Waals surface area contributed by atoms with E-state index in [0.29, 0.717) is 5.82 Å². The van der Waals surface area contributed by atoms with E-state index in [4.69, 9.17) is 4.42 Å². The number of nitrogens with zero attached hydrogens (tertiary/aromatic N) is 5. The monoisotopic (exact) mass is 324 g/mol. The molecule has 0 radical (unpaired) electrons. The molecule has 1 aliphatic rings. The van der Waals surface area contributed by atoms with Crippen LogP contribution in [0.2, 0.25) is 0 Å². The standard InChI is InChI=1S/C17H20N6O/c1-2-8-22(7-1)14(15-5-3-10-24-15)11-19-16-12-18-13-17(21-16)23-9-4-6-20-23/h3-6,9-10,12-14H,1-2,7-8,11H2,(H,19,21)/t14-/m0/s1. The van der Waals surface area contributed by atoms with E-state index in [9.17, 15) is 0 Å². The van der Waals surface area contributed by atoms with Gasteiger partial charge in [-0.15, -0.1) is 0 Å². The van der Waals surface area contributed by atoms with E-state index < -0.39 is 0 Å². The maximum atomic E-state index is 5.65. The Bertz CT molecular complexity index is 749. The summed E-state index contributed by atoms with van der Waals surface area (Å²) in [5.74, 6) is 2.42. The summed E-state index contributed by atoms with van der Waals surface area (Å²) >= 11 is 0. The fourth-order valence-electron chi connectivity index (χ4n) is 3.10. The molecule has 0 spiro atoms. The summed E-state index contributed by atoms with van der Waals surface area (Å²) in [5.41, 5.74) is 0. The number of rotatable bonds is 6. The van der Waals surface area contributed by atoms with Crippen LogP contribution in [0.25, 0.3) is 5.82 Å². The fraction of sp³-hybridized carbons (Fsp3) is 0.353. The summed E-state index contributed by atoms with van der Waals surface area (Å²) < 4.78 is 7.34. The number of likely N-dealkylation sites (tertiary alicyclic amines) is 1. The molecule has 0 saturated carbocycles. The van der Waals surface area contributed by atoms with Gasteiger partial charge in [-0.1, -0.05) is 0 Å². The van der Waals surface area contributed by atoms with Gasteiger partial charge in [-0.05, 0) is 44.1 Å². The topological polar surface area (TPSA) is 72.0 Å². The van der Waals surface area contributed by atoms with Crippen molar-refractivity contribution in [3.8, 4) is 5.82 Å². The Morgan fingerprint density at radius 1 is 1.21 bits per heavy atom. The van der Waals surface area contributed by atoms with E-state index in [1.54, 1.807) is 29.5 Å². The van der Waals surface area contributed by atoms with Gasteiger partial charge in [0.25, 0.3) is 0 Å². The molecule has 4 heterocycles. The van der Waals surface area contributed by atoms with Crippen molar-refractivity contribution in [3.63, 3.8) is 0 Å². The molecule has 3 aromatic heterocycles. The Kier molecular flexibility index (Phi) is 4.24. The van der Waals surface area contributed by atoms with Gasteiger partial charge in [0.2, 0.25) is 0 Å². The summed E-state index contributed by atoms with van der Waals surface area (Å²) in [4.78, 5) is 11.3. The van der Waals surface area contributed by atoms with Gasteiger partial charge in [-0.3, -0.25) is 9.88 Å². The van der Waals surface area contributed by atoms with Crippen molar-refractivity contribution in [2.75, 3.05) is 25.0 Å². The minimum absolute atomic E-state index is 0.206. The predicted octanol–water partition coefficient (Wildman–Crippen LogP) is 2.50. The molecular formula is C17H20N6O. The summed E-state index contributed by atoms with van der Waals surface area (Å²) in [6.45, 7) is 2.93. The van der Waals surface area contributed by atoms with Crippen molar-refractivity contribution in [1.29, 1.82) is 0 Å². The molecule has 0 bridgehead atoms. The summed E-state index contributed by atoms with van der Waals surface area (Å²) in [6, 6.07) is 6.05. The number of hydrogen-bond donors (Lipinski definition) is 1. The number of nitrogens with one attached hydrogen (secondary N) is 1. The lowest BCUT2D eigenvalue weighted by molar-refractivity contribution is 0.225. The number of aromatic nitrogens is 4. The highest BCUT2D eigenvalue weighted by Crippen LogP contribution is 2.25. The smallest absolute Gasteiger partial charge is 0.173 e. The molecule has 0 unspecified atom stereocenters. The molecule has 1 atom stereocenters. The molecule has 0 aliphatic carbocycles. The molecule has 1 aliphatic heterocycles. The highest BCUT2D eigenvalue weighted by Gasteiger charge is 2.25. The molecule has 24 heavy (non-hydrogen) atoms. The molecule has 124 valence electrons. The molecular weight excluding hydrogens is 304 g/mol. The van der Waals surface area contributed by atoms with Gasteiger partial charge in [0, 0.05) is 18.9 Å². The van der Waals surface area contributed by atoms with Gasteiger partial charge in [0.15, 0.2) is 5.82 Å². The maximum Gasteiger partial charge on any atom is 0.173 e. The highest BCUT2D eigenvalue weighted by atomic mass is 16.3. The van der Waals surface area contributed by atoms with E-state index in [0.717, 1.165) is 31.2 Å². The second kappa shape index (κ2) is 6.84. The van der Waals surface area contributed by atoms with Crippen LogP contribution in [0.4, 0.5) is 5.82 Å². The Hall–Kier alpha value is -2.67. The van der Waals surface area contributed by atoms with Crippen LogP contribution in [0.5, 0.6) is 0 Å². The zero-order valence-electron chi connectivity index (χ0n) is 13.4. The van der Waals surface area contributed by atoms with E-state index in [1.165, 1.54) is 12.8 Å². The molecule has 4 rings (SSSR count). The van der Waals surface area contributed by atoms with E-state index >= 15 is 0 Å². The van der Waals surface area contributed by atoms with Crippen LogP contribution in [-0.4, -0.2) is 44.3 Å². The number of anilines is 1. The Morgan fingerprint density at radius 3 is 2.88 bits per heavy atom. The van der Waals surface area contributed by atoms with Gasteiger partial charge in [0.1, 0.15) is 11.6 Å². The van der Waals surface area contributed by atoms with Crippen molar-refractivity contribution >= 4 is 5.82 Å². The van der Waals surface area contributed by atoms with Crippen LogP contribution in [0, 0.1) is 0 Å². The Morgan fingerprint density at radius 2 is 2.12 bits per heavy atom. The fourth-order valence-corrected chi connectivity index (χ4v) is 3.10. The second-order valence-corrected chi connectivity index (χ2v) is 5.87. The minimum Gasteiger partial charge on any atom is -0.468 e. The Labute approximate surface area is 140 Å². The lowest BCUT2D eigenvalue weighted by Gasteiger charge is -2.26. The Balaban J connectivity index is 1.49. The first kappa shape index (κ1) is 14.9. The van der Waals surface area contributed by atoms with Crippen molar-refractivity contribution in [2.24, 2.45) is 0 Å². The van der Waals surface area contributed by atoms with Crippen molar-refractivity contribution < 1.29 is 4.42 Å². The predicted molar refractivity (Wildman–Crippen MR) is 89.9 cm³/mol. The first-order chi connectivity index (χ1) is 11.9. The first-order valence-electron chi connectivity index (χ1n) is 8.23. The average molecular weight is 324 g/mol. The third-order valence-electron chi connectivity index (χ3n) is 4.29. The molecule has 1 fully saturated rings. The zero-order chi connectivity index (χ0) is 16.2. The zero-order valence-corrected chi connectivity index (χ0v) is 13.4. The normalized spacial score (nSPS) is 16.3. The molecule has 3 aromatic rings.